The standard InChI is InChI=1S/C11H13NO4/c1-7(10(13)12-8-4-5-8)16-11(14)9-3-2-6-15-9/h2-3,6-8H,4-5H2,1H3,(H,12,13). The molecule has 0 saturated heterocycles. The van der Waals surface area contributed by atoms with Gasteiger partial charge in [-0.3, -0.25) is 4.79 Å². The highest BCUT2D eigenvalue weighted by Crippen LogP contribution is 2.18. The Balaban J connectivity index is 1.83. The number of carbonyl (C=O) groups excluding carboxylic acids is 2. The number of carbonyl (C=O) groups is 2. The van der Waals surface area contributed by atoms with Gasteiger partial charge in [-0.25, -0.2) is 4.79 Å². The molecule has 1 aromatic heterocycles. The summed E-state index contributed by atoms with van der Waals surface area (Å²) in [4.78, 5) is 22.9. The minimum absolute atomic E-state index is 0.103. The fourth-order valence-electron chi connectivity index (χ4n) is 1.21. The Morgan fingerprint density at radius 2 is 2.31 bits per heavy atom. The van der Waals surface area contributed by atoms with Crippen molar-refractivity contribution >= 4 is 11.9 Å². The lowest BCUT2D eigenvalue weighted by Crippen LogP contribution is -2.37. The van der Waals surface area contributed by atoms with Crippen molar-refractivity contribution in [3.8, 4) is 0 Å². The molecule has 1 saturated carbocycles. The maximum Gasteiger partial charge on any atom is 0.374 e. The van der Waals surface area contributed by atoms with Gasteiger partial charge in [-0.05, 0) is 31.9 Å². The molecule has 86 valence electrons. The average molecular weight is 223 g/mol. The van der Waals surface area contributed by atoms with Gasteiger partial charge in [-0.1, -0.05) is 0 Å². The largest absolute Gasteiger partial charge is 0.457 e. The predicted octanol–water partition coefficient (Wildman–Crippen LogP) is 1.10. The number of nitrogens with one attached hydrogen (secondary N) is 1. The summed E-state index contributed by atoms with van der Waals surface area (Å²) < 4.78 is 9.80. The van der Waals surface area contributed by atoms with E-state index in [1.807, 2.05) is 0 Å². The van der Waals surface area contributed by atoms with E-state index in [9.17, 15) is 9.59 Å². The molecule has 1 heterocycles. The molecule has 5 nitrogen and oxygen atoms in total. The minimum atomic E-state index is -0.793. The molecule has 0 spiro atoms. The zero-order valence-electron chi connectivity index (χ0n) is 8.93. The summed E-state index contributed by atoms with van der Waals surface area (Å²) in [6, 6.07) is 3.34. The zero-order chi connectivity index (χ0) is 11.5. The van der Waals surface area contributed by atoms with Gasteiger partial charge in [0.2, 0.25) is 5.76 Å². The third-order valence-electron chi connectivity index (χ3n) is 2.30. The van der Waals surface area contributed by atoms with Crippen molar-refractivity contribution in [2.24, 2.45) is 0 Å². The van der Waals surface area contributed by atoms with Crippen molar-refractivity contribution in [2.45, 2.75) is 31.9 Å². The molecule has 2 rings (SSSR count). The molecule has 1 atom stereocenters. The van der Waals surface area contributed by atoms with Crippen LogP contribution in [-0.4, -0.2) is 24.0 Å². The number of furan rings is 1. The Kier molecular flexibility index (Phi) is 2.94. The SMILES string of the molecule is CC(OC(=O)c1ccco1)C(=O)NC1CC1. The van der Waals surface area contributed by atoms with Gasteiger partial charge >= 0.3 is 5.97 Å². The summed E-state index contributed by atoms with van der Waals surface area (Å²) in [5, 5.41) is 2.76. The summed E-state index contributed by atoms with van der Waals surface area (Å²) >= 11 is 0. The molecule has 0 aliphatic heterocycles. The first-order chi connectivity index (χ1) is 7.66. The second-order valence-corrected chi connectivity index (χ2v) is 3.81. The Morgan fingerprint density at radius 1 is 1.56 bits per heavy atom. The summed E-state index contributed by atoms with van der Waals surface area (Å²) in [7, 11) is 0. The molecule has 5 heteroatoms. The van der Waals surface area contributed by atoms with Crippen LogP contribution in [0.4, 0.5) is 0 Å². The highest BCUT2D eigenvalue weighted by atomic mass is 16.6. The highest BCUT2D eigenvalue weighted by Gasteiger charge is 2.27. The molecule has 1 aliphatic carbocycles. The van der Waals surface area contributed by atoms with Gasteiger partial charge in [-0.15, -0.1) is 0 Å². The first-order valence-corrected chi connectivity index (χ1v) is 5.21. The Morgan fingerprint density at radius 3 is 2.88 bits per heavy atom. The van der Waals surface area contributed by atoms with Crippen molar-refractivity contribution in [3.63, 3.8) is 0 Å². The molecule has 1 aliphatic rings. The average Bonchev–Trinajstić information content (AvgIpc) is 2.89. The molecule has 0 aromatic carbocycles. The summed E-state index contributed by atoms with van der Waals surface area (Å²) in [6.45, 7) is 1.54. The molecule has 16 heavy (non-hydrogen) atoms. The molecule has 0 bridgehead atoms. The van der Waals surface area contributed by atoms with Gasteiger partial charge in [0.05, 0.1) is 6.26 Å². The van der Waals surface area contributed by atoms with Crippen LogP contribution in [0, 0.1) is 0 Å². The molecule has 1 fully saturated rings. The topological polar surface area (TPSA) is 68.5 Å². The van der Waals surface area contributed by atoms with Gasteiger partial charge < -0.3 is 14.5 Å². The predicted molar refractivity (Wildman–Crippen MR) is 54.8 cm³/mol. The molecular weight excluding hydrogens is 210 g/mol. The lowest BCUT2D eigenvalue weighted by Gasteiger charge is -2.11. The summed E-state index contributed by atoms with van der Waals surface area (Å²) in [5.74, 6) is -0.781. The molecule has 1 N–H and O–H groups in total. The van der Waals surface area contributed by atoms with Crippen molar-refractivity contribution in [1.29, 1.82) is 0 Å². The fraction of sp³-hybridized carbons (Fsp3) is 0.455. The maximum absolute atomic E-state index is 11.5. The normalized spacial score (nSPS) is 16.6. The van der Waals surface area contributed by atoms with Crippen LogP contribution < -0.4 is 5.32 Å². The van der Waals surface area contributed by atoms with E-state index >= 15 is 0 Å². The lowest BCUT2D eigenvalue weighted by molar-refractivity contribution is -0.129. The van der Waals surface area contributed by atoms with Crippen LogP contribution in [0.3, 0.4) is 0 Å². The van der Waals surface area contributed by atoms with E-state index in [-0.39, 0.29) is 17.7 Å². The minimum Gasteiger partial charge on any atom is -0.457 e. The smallest absolute Gasteiger partial charge is 0.374 e. The Hall–Kier alpha value is -1.78. The summed E-state index contributed by atoms with van der Waals surface area (Å²) in [5.41, 5.74) is 0. The van der Waals surface area contributed by atoms with E-state index in [4.69, 9.17) is 9.15 Å². The first kappa shape index (κ1) is 10.7. The van der Waals surface area contributed by atoms with Crippen molar-refractivity contribution in [2.75, 3.05) is 0 Å². The van der Waals surface area contributed by atoms with Crippen LogP contribution in [-0.2, 0) is 9.53 Å². The fourth-order valence-corrected chi connectivity index (χ4v) is 1.21. The molecule has 1 aromatic rings. The number of hydrogen-bond acceptors (Lipinski definition) is 4. The van der Waals surface area contributed by atoms with Gasteiger partial charge in [0, 0.05) is 6.04 Å². The van der Waals surface area contributed by atoms with E-state index < -0.39 is 12.1 Å². The lowest BCUT2D eigenvalue weighted by atomic mass is 10.3. The molecule has 1 amide bonds. The number of ether oxygens (including phenoxy) is 1. The number of rotatable bonds is 4. The van der Waals surface area contributed by atoms with Gasteiger partial charge in [-0.2, -0.15) is 0 Å². The Bertz CT molecular complexity index is 381. The number of hydrogen-bond donors (Lipinski definition) is 1. The molecule has 1 unspecified atom stereocenters. The van der Waals surface area contributed by atoms with E-state index in [2.05, 4.69) is 5.32 Å². The third-order valence-corrected chi connectivity index (χ3v) is 2.30. The molecule has 0 radical (unpaired) electrons. The van der Waals surface area contributed by atoms with E-state index in [1.165, 1.54) is 12.3 Å². The van der Waals surface area contributed by atoms with E-state index in [0.717, 1.165) is 12.8 Å². The van der Waals surface area contributed by atoms with Crippen LogP contribution in [0.2, 0.25) is 0 Å². The van der Waals surface area contributed by atoms with Crippen LogP contribution in [0.5, 0.6) is 0 Å². The maximum atomic E-state index is 11.5. The second-order valence-electron chi connectivity index (χ2n) is 3.81. The van der Waals surface area contributed by atoms with Gasteiger partial charge in [0.1, 0.15) is 0 Å². The number of amides is 1. The van der Waals surface area contributed by atoms with Crippen LogP contribution in [0.25, 0.3) is 0 Å². The summed E-state index contributed by atoms with van der Waals surface area (Å²) in [6.07, 6.45) is 2.60. The number of esters is 1. The van der Waals surface area contributed by atoms with E-state index in [0.29, 0.717) is 0 Å². The second kappa shape index (κ2) is 4.38. The van der Waals surface area contributed by atoms with Gasteiger partial charge in [0.25, 0.3) is 5.91 Å². The third kappa shape index (κ3) is 2.62. The van der Waals surface area contributed by atoms with Crippen molar-refractivity contribution in [1.82, 2.24) is 5.32 Å². The molecular formula is C11H13NO4. The van der Waals surface area contributed by atoms with Crippen LogP contribution >= 0.6 is 0 Å². The zero-order valence-corrected chi connectivity index (χ0v) is 8.93. The van der Waals surface area contributed by atoms with Crippen LogP contribution in [0.1, 0.15) is 30.3 Å². The van der Waals surface area contributed by atoms with Crippen molar-refractivity contribution < 1.29 is 18.7 Å². The quantitative estimate of drug-likeness (QED) is 0.776. The first-order valence-electron chi connectivity index (χ1n) is 5.21. The Labute approximate surface area is 92.8 Å². The van der Waals surface area contributed by atoms with Crippen molar-refractivity contribution in [3.05, 3.63) is 24.2 Å². The van der Waals surface area contributed by atoms with E-state index in [1.54, 1.807) is 13.0 Å². The monoisotopic (exact) mass is 223 g/mol. The van der Waals surface area contributed by atoms with Crippen LogP contribution in [0.15, 0.2) is 22.8 Å². The highest BCUT2D eigenvalue weighted by molar-refractivity contribution is 5.90. The van der Waals surface area contributed by atoms with Gasteiger partial charge in [0.15, 0.2) is 6.10 Å².